The second-order valence-corrected chi connectivity index (χ2v) is 5.45. The van der Waals surface area contributed by atoms with Gasteiger partial charge in [-0.05, 0) is 19.8 Å². The van der Waals surface area contributed by atoms with Gasteiger partial charge in [-0.15, -0.1) is 10.2 Å². The van der Waals surface area contributed by atoms with Gasteiger partial charge in [0.05, 0.1) is 19.3 Å². The third-order valence-corrected chi connectivity index (χ3v) is 4.37. The lowest BCUT2D eigenvalue weighted by Crippen LogP contribution is -2.52. The smallest absolute Gasteiger partial charge is 0.146 e. The second kappa shape index (κ2) is 4.97. The number of nitrogens with zero attached hydrogens (tertiary/aromatic N) is 4. The number of aryl methyl sites for hydroxylation is 1. The highest BCUT2D eigenvalue weighted by Crippen LogP contribution is 2.29. The molecule has 2 atom stereocenters. The summed E-state index contributed by atoms with van der Waals surface area (Å²) in [7, 11) is 2.05. The van der Waals surface area contributed by atoms with Crippen molar-refractivity contribution >= 4 is 0 Å². The van der Waals surface area contributed by atoms with Crippen LogP contribution in [0.15, 0.2) is 0 Å². The summed E-state index contributed by atoms with van der Waals surface area (Å²) in [6.07, 6.45) is 5.58. The predicted octanol–water partition coefficient (Wildman–Crippen LogP) is 1.27. The van der Waals surface area contributed by atoms with Crippen molar-refractivity contribution in [1.82, 2.24) is 19.7 Å². The summed E-state index contributed by atoms with van der Waals surface area (Å²) in [5, 5.41) is 8.42. The average Bonchev–Trinajstić information content (AvgIpc) is 2.71. The number of rotatable bonds is 2. The van der Waals surface area contributed by atoms with E-state index in [1.807, 2.05) is 14.0 Å². The van der Waals surface area contributed by atoms with Crippen molar-refractivity contribution in [3.8, 4) is 0 Å². The maximum absolute atomic E-state index is 5.90. The van der Waals surface area contributed by atoms with Gasteiger partial charge in [-0.1, -0.05) is 12.8 Å². The van der Waals surface area contributed by atoms with Gasteiger partial charge in [0.15, 0.2) is 0 Å². The van der Waals surface area contributed by atoms with Gasteiger partial charge in [0.1, 0.15) is 11.6 Å². The van der Waals surface area contributed by atoms with E-state index in [0.29, 0.717) is 12.1 Å². The van der Waals surface area contributed by atoms with Crippen LogP contribution in [0.5, 0.6) is 0 Å². The molecule has 1 aromatic rings. The van der Waals surface area contributed by atoms with Gasteiger partial charge in [0, 0.05) is 19.6 Å². The van der Waals surface area contributed by atoms with E-state index in [9.17, 15) is 0 Å². The van der Waals surface area contributed by atoms with Crippen molar-refractivity contribution in [2.24, 2.45) is 7.05 Å². The van der Waals surface area contributed by atoms with E-state index in [1.54, 1.807) is 0 Å². The Balaban J connectivity index is 1.73. The van der Waals surface area contributed by atoms with Crippen LogP contribution in [-0.4, -0.2) is 45.0 Å². The molecule has 2 aliphatic rings. The molecule has 5 nitrogen and oxygen atoms in total. The Labute approximate surface area is 108 Å². The Bertz CT molecular complexity index is 415. The Morgan fingerprint density at radius 2 is 2.11 bits per heavy atom. The van der Waals surface area contributed by atoms with E-state index in [0.717, 1.165) is 31.3 Å². The van der Waals surface area contributed by atoms with Crippen LogP contribution in [0.3, 0.4) is 0 Å². The first-order chi connectivity index (χ1) is 8.75. The van der Waals surface area contributed by atoms with Crippen LogP contribution in [0.4, 0.5) is 0 Å². The quantitative estimate of drug-likeness (QED) is 0.793. The third-order valence-electron chi connectivity index (χ3n) is 4.37. The van der Waals surface area contributed by atoms with Gasteiger partial charge in [-0.3, -0.25) is 4.90 Å². The lowest BCUT2D eigenvalue weighted by molar-refractivity contribution is -0.0920. The summed E-state index contributed by atoms with van der Waals surface area (Å²) in [5.74, 6) is 2.05. The first kappa shape index (κ1) is 12.1. The van der Waals surface area contributed by atoms with Crippen molar-refractivity contribution in [3.05, 3.63) is 11.6 Å². The molecule has 0 spiro atoms. The van der Waals surface area contributed by atoms with E-state index in [-0.39, 0.29) is 0 Å². The number of ether oxygens (including phenoxy) is 1. The number of morpholine rings is 1. The minimum Gasteiger partial charge on any atom is -0.375 e. The van der Waals surface area contributed by atoms with Crippen LogP contribution < -0.4 is 0 Å². The molecule has 1 aliphatic carbocycles. The van der Waals surface area contributed by atoms with Crippen molar-refractivity contribution in [1.29, 1.82) is 0 Å². The van der Waals surface area contributed by atoms with Crippen molar-refractivity contribution in [2.45, 2.75) is 51.3 Å². The standard InChI is InChI=1S/C13H22N4O/c1-10-14-15-13(16(10)2)9-17-7-8-18-12-6-4-3-5-11(12)17/h11-12H,3-9H2,1-2H3/t11-,12+/m1/s1. The minimum absolute atomic E-state index is 0.446. The molecular formula is C13H22N4O. The molecule has 2 fully saturated rings. The average molecular weight is 250 g/mol. The molecule has 3 rings (SSSR count). The van der Waals surface area contributed by atoms with Gasteiger partial charge in [0.25, 0.3) is 0 Å². The van der Waals surface area contributed by atoms with Crippen LogP contribution in [0.2, 0.25) is 0 Å². The molecule has 1 aromatic heterocycles. The Morgan fingerprint density at radius 1 is 1.28 bits per heavy atom. The summed E-state index contributed by atoms with van der Waals surface area (Å²) in [5.41, 5.74) is 0. The molecule has 1 saturated carbocycles. The van der Waals surface area contributed by atoms with Gasteiger partial charge in [-0.2, -0.15) is 0 Å². The van der Waals surface area contributed by atoms with E-state index >= 15 is 0 Å². The molecule has 0 radical (unpaired) electrons. The molecule has 0 amide bonds. The highest BCUT2D eigenvalue weighted by Gasteiger charge is 2.34. The second-order valence-electron chi connectivity index (χ2n) is 5.45. The molecule has 1 saturated heterocycles. The Kier molecular flexibility index (Phi) is 3.35. The zero-order chi connectivity index (χ0) is 12.5. The van der Waals surface area contributed by atoms with Gasteiger partial charge in [-0.25, -0.2) is 0 Å². The van der Waals surface area contributed by atoms with E-state index in [2.05, 4.69) is 19.7 Å². The normalized spacial score (nSPS) is 29.2. The molecule has 0 unspecified atom stereocenters. The largest absolute Gasteiger partial charge is 0.375 e. The van der Waals surface area contributed by atoms with E-state index in [1.165, 1.54) is 25.7 Å². The Morgan fingerprint density at radius 3 is 2.89 bits per heavy atom. The maximum Gasteiger partial charge on any atom is 0.146 e. The Hall–Kier alpha value is -0.940. The summed E-state index contributed by atoms with van der Waals surface area (Å²) in [6.45, 7) is 4.78. The maximum atomic E-state index is 5.90. The van der Waals surface area contributed by atoms with E-state index < -0.39 is 0 Å². The number of fused-ring (bicyclic) bond motifs is 1. The fourth-order valence-corrected chi connectivity index (χ4v) is 3.14. The fraction of sp³-hybridized carbons (Fsp3) is 0.846. The summed E-state index contributed by atoms with van der Waals surface area (Å²) in [4.78, 5) is 2.54. The lowest BCUT2D eigenvalue weighted by atomic mass is 9.90. The predicted molar refractivity (Wildman–Crippen MR) is 68.1 cm³/mol. The van der Waals surface area contributed by atoms with Gasteiger partial charge >= 0.3 is 0 Å². The molecule has 0 aromatic carbocycles. The van der Waals surface area contributed by atoms with Crippen molar-refractivity contribution < 1.29 is 4.74 Å². The monoisotopic (exact) mass is 250 g/mol. The molecule has 100 valence electrons. The molecule has 1 aliphatic heterocycles. The summed E-state index contributed by atoms with van der Waals surface area (Å²) >= 11 is 0. The van der Waals surface area contributed by atoms with Crippen LogP contribution in [0.1, 0.15) is 37.3 Å². The third kappa shape index (κ3) is 2.17. The first-order valence-corrected chi connectivity index (χ1v) is 6.96. The van der Waals surface area contributed by atoms with Crippen molar-refractivity contribution in [2.75, 3.05) is 13.2 Å². The molecule has 5 heteroatoms. The minimum atomic E-state index is 0.446. The topological polar surface area (TPSA) is 43.2 Å². The van der Waals surface area contributed by atoms with E-state index in [4.69, 9.17) is 4.74 Å². The SMILES string of the molecule is Cc1nnc(CN2CCO[C@H]3CCCC[C@H]32)n1C. The fourth-order valence-electron chi connectivity index (χ4n) is 3.14. The van der Waals surface area contributed by atoms with Crippen LogP contribution in [-0.2, 0) is 18.3 Å². The van der Waals surface area contributed by atoms with Crippen molar-refractivity contribution in [3.63, 3.8) is 0 Å². The van der Waals surface area contributed by atoms with Crippen LogP contribution in [0.25, 0.3) is 0 Å². The molecule has 2 heterocycles. The van der Waals surface area contributed by atoms with Crippen LogP contribution in [0, 0.1) is 6.92 Å². The number of hydrogen-bond acceptors (Lipinski definition) is 4. The first-order valence-electron chi connectivity index (χ1n) is 6.96. The van der Waals surface area contributed by atoms with Gasteiger partial charge in [0.2, 0.25) is 0 Å². The number of hydrogen-bond donors (Lipinski definition) is 0. The highest BCUT2D eigenvalue weighted by molar-refractivity contribution is 4.95. The molecule has 18 heavy (non-hydrogen) atoms. The summed E-state index contributed by atoms with van der Waals surface area (Å²) in [6, 6.07) is 0.588. The molecule has 0 N–H and O–H groups in total. The number of aromatic nitrogens is 3. The van der Waals surface area contributed by atoms with Gasteiger partial charge < -0.3 is 9.30 Å². The molecular weight excluding hydrogens is 228 g/mol. The molecule has 0 bridgehead atoms. The van der Waals surface area contributed by atoms with Crippen LogP contribution >= 0.6 is 0 Å². The zero-order valence-corrected chi connectivity index (χ0v) is 11.3. The zero-order valence-electron chi connectivity index (χ0n) is 11.3. The lowest BCUT2D eigenvalue weighted by Gasteiger charge is -2.43. The summed E-state index contributed by atoms with van der Waals surface area (Å²) < 4.78 is 7.99. The highest BCUT2D eigenvalue weighted by atomic mass is 16.5.